The van der Waals surface area contributed by atoms with Crippen molar-refractivity contribution in [3.8, 4) is 0 Å². The summed E-state index contributed by atoms with van der Waals surface area (Å²) in [5, 5.41) is 27.1. The number of carbonyl (C=O) groups is 2. The SMILES string of the molecule is CC(c1cccc2ccccc12)N(C)C(=O)[C@H](O)[C@@H](O)C(=O)NCCc1cccs1. The summed E-state index contributed by atoms with van der Waals surface area (Å²) in [5.41, 5.74) is 0.922. The molecule has 2 aromatic carbocycles. The minimum absolute atomic E-state index is 0.319. The molecule has 3 aromatic rings. The molecule has 30 heavy (non-hydrogen) atoms. The Labute approximate surface area is 179 Å². The lowest BCUT2D eigenvalue weighted by Crippen LogP contribution is -2.50. The van der Waals surface area contributed by atoms with E-state index >= 15 is 0 Å². The molecule has 6 nitrogen and oxygen atoms in total. The molecule has 1 unspecified atom stereocenters. The second-order valence-electron chi connectivity index (χ2n) is 7.20. The van der Waals surface area contributed by atoms with Crippen LogP contribution in [0.15, 0.2) is 60.0 Å². The Morgan fingerprint density at radius 2 is 1.77 bits per heavy atom. The molecule has 2 amide bonds. The zero-order valence-electron chi connectivity index (χ0n) is 17.0. The van der Waals surface area contributed by atoms with Crippen LogP contribution in [0.1, 0.15) is 23.4 Å². The Bertz CT molecular complexity index is 1000. The summed E-state index contributed by atoms with van der Waals surface area (Å²) < 4.78 is 0. The molecule has 0 radical (unpaired) electrons. The minimum atomic E-state index is -1.84. The van der Waals surface area contributed by atoms with Crippen LogP contribution in [0.2, 0.25) is 0 Å². The molecule has 0 spiro atoms. The van der Waals surface area contributed by atoms with Gasteiger partial charge in [-0.25, -0.2) is 0 Å². The van der Waals surface area contributed by atoms with Crippen LogP contribution < -0.4 is 5.32 Å². The molecule has 0 bridgehead atoms. The van der Waals surface area contributed by atoms with E-state index in [9.17, 15) is 19.8 Å². The number of aliphatic hydroxyl groups excluding tert-OH is 2. The number of likely N-dealkylation sites (N-methyl/N-ethyl adjacent to an activating group) is 1. The molecule has 0 aliphatic carbocycles. The Balaban J connectivity index is 1.62. The fourth-order valence-electron chi connectivity index (χ4n) is 3.37. The summed E-state index contributed by atoms with van der Waals surface area (Å²) in [6.07, 6.45) is -3.05. The van der Waals surface area contributed by atoms with E-state index in [1.807, 2.05) is 66.9 Å². The van der Waals surface area contributed by atoms with Gasteiger partial charge in [0, 0.05) is 18.5 Å². The highest BCUT2D eigenvalue weighted by atomic mass is 32.1. The molecule has 0 fully saturated rings. The van der Waals surface area contributed by atoms with Crippen molar-refractivity contribution in [3.05, 3.63) is 70.4 Å². The molecule has 7 heteroatoms. The van der Waals surface area contributed by atoms with Crippen molar-refractivity contribution < 1.29 is 19.8 Å². The molecule has 3 N–H and O–H groups in total. The van der Waals surface area contributed by atoms with Crippen LogP contribution >= 0.6 is 11.3 Å². The second kappa shape index (κ2) is 9.84. The van der Waals surface area contributed by atoms with Crippen LogP contribution in [0.5, 0.6) is 0 Å². The maximum absolute atomic E-state index is 12.7. The monoisotopic (exact) mass is 426 g/mol. The van der Waals surface area contributed by atoms with Gasteiger partial charge in [0.2, 0.25) is 0 Å². The topological polar surface area (TPSA) is 89.9 Å². The van der Waals surface area contributed by atoms with Gasteiger partial charge in [-0.15, -0.1) is 11.3 Å². The Morgan fingerprint density at radius 1 is 1.03 bits per heavy atom. The van der Waals surface area contributed by atoms with Crippen LogP contribution in [0, 0.1) is 0 Å². The highest BCUT2D eigenvalue weighted by Crippen LogP contribution is 2.27. The number of nitrogens with zero attached hydrogens (tertiary/aromatic N) is 1. The number of benzene rings is 2. The number of amides is 2. The zero-order valence-corrected chi connectivity index (χ0v) is 17.8. The molecule has 0 saturated heterocycles. The highest BCUT2D eigenvalue weighted by Gasteiger charge is 2.34. The number of hydrogen-bond acceptors (Lipinski definition) is 5. The van der Waals surface area contributed by atoms with Crippen LogP contribution in [-0.4, -0.2) is 52.7 Å². The lowest BCUT2D eigenvalue weighted by atomic mass is 9.98. The van der Waals surface area contributed by atoms with Gasteiger partial charge >= 0.3 is 0 Å². The predicted octanol–water partition coefficient (Wildman–Crippen LogP) is 2.50. The van der Waals surface area contributed by atoms with Gasteiger partial charge in [-0.05, 0) is 41.1 Å². The lowest BCUT2D eigenvalue weighted by Gasteiger charge is -2.29. The van der Waals surface area contributed by atoms with Crippen LogP contribution in [0.3, 0.4) is 0 Å². The van der Waals surface area contributed by atoms with E-state index in [1.165, 1.54) is 4.90 Å². The number of aliphatic hydroxyl groups is 2. The van der Waals surface area contributed by atoms with E-state index in [4.69, 9.17) is 0 Å². The van der Waals surface area contributed by atoms with Crippen molar-refractivity contribution >= 4 is 33.9 Å². The molecule has 1 aromatic heterocycles. The smallest absolute Gasteiger partial charge is 0.254 e. The van der Waals surface area contributed by atoms with E-state index in [0.717, 1.165) is 21.2 Å². The first-order valence-corrected chi connectivity index (χ1v) is 10.7. The van der Waals surface area contributed by atoms with E-state index in [2.05, 4.69) is 5.32 Å². The highest BCUT2D eigenvalue weighted by molar-refractivity contribution is 7.09. The fraction of sp³-hybridized carbons (Fsp3) is 0.304. The van der Waals surface area contributed by atoms with Gasteiger partial charge in [-0.2, -0.15) is 0 Å². The van der Waals surface area contributed by atoms with Crippen LogP contribution in [0.25, 0.3) is 10.8 Å². The number of nitrogens with one attached hydrogen (secondary N) is 1. The number of thiophene rings is 1. The van der Waals surface area contributed by atoms with Gasteiger partial charge in [0.1, 0.15) is 0 Å². The first-order valence-electron chi connectivity index (χ1n) is 9.80. The molecular weight excluding hydrogens is 400 g/mol. The third kappa shape index (κ3) is 4.87. The van der Waals surface area contributed by atoms with Gasteiger partial charge in [-0.3, -0.25) is 9.59 Å². The van der Waals surface area contributed by atoms with Crippen molar-refractivity contribution in [1.82, 2.24) is 10.2 Å². The second-order valence-corrected chi connectivity index (χ2v) is 8.24. The van der Waals surface area contributed by atoms with Gasteiger partial charge < -0.3 is 20.4 Å². The first kappa shape index (κ1) is 22.0. The fourth-order valence-corrected chi connectivity index (χ4v) is 4.08. The third-order valence-corrected chi connectivity index (χ3v) is 6.21. The Hall–Kier alpha value is -2.74. The van der Waals surface area contributed by atoms with E-state index in [0.29, 0.717) is 13.0 Å². The van der Waals surface area contributed by atoms with E-state index in [-0.39, 0.29) is 6.04 Å². The van der Waals surface area contributed by atoms with Gasteiger partial charge in [0.05, 0.1) is 6.04 Å². The molecule has 3 atom stereocenters. The molecule has 158 valence electrons. The Morgan fingerprint density at radius 3 is 2.50 bits per heavy atom. The first-order chi connectivity index (χ1) is 14.4. The standard InChI is InChI=1S/C23H26N2O4S/c1-15(18-11-5-8-16-7-3-4-10-19(16)18)25(2)23(29)21(27)20(26)22(28)24-13-12-17-9-6-14-30-17/h3-11,14-15,20-21,26-27H,12-13H2,1-2H3,(H,24,28)/t15?,20-,21-/m1/s1. The zero-order chi connectivity index (χ0) is 21.7. The average Bonchev–Trinajstić information content (AvgIpc) is 3.29. The molecular formula is C23H26N2O4S. The van der Waals surface area contributed by atoms with Gasteiger partial charge in [0.15, 0.2) is 12.2 Å². The van der Waals surface area contributed by atoms with Crippen LogP contribution in [0.4, 0.5) is 0 Å². The van der Waals surface area contributed by atoms with Crippen molar-refractivity contribution in [1.29, 1.82) is 0 Å². The molecule has 0 saturated carbocycles. The maximum atomic E-state index is 12.7. The minimum Gasteiger partial charge on any atom is -0.380 e. The van der Waals surface area contributed by atoms with Crippen molar-refractivity contribution in [2.24, 2.45) is 0 Å². The summed E-state index contributed by atoms with van der Waals surface area (Å²) >= 11 is 1.58. The molecule has 0 aliphatic rings. The Kier molecular flexibility index (Phi) is 7.20. The predicted molar refractivity (Wildman–Crippen MR) is 118 cm³/mol. The number of fused-ring (bicyclic) bond motifs is 1. The van der Waals surface area contributed by atoms with Gasteiger partial charge in [-0.1, -0.05) is 48.5 Å². The van der Waals surface area contributed by atoms with Crippen molar-refractivity contribution in [3.63, 3.8) is 0 Å². The van der Waals surface area contributed by atoms with Crippen molar-refractivity contribution in [2.75, 3.05) is 13.6 Å². The van der Waals surface area contributed by atoms with Gasteiger partial charge in [0.25, 0.3) is 11.8 Å². The van der Waals surface area contributed by atoms with E-state index < -0.39 is 24.0 Å². The van der Waals surface area contributed by atoms with Crippen LogP contribution in [-0.2, 0) is 16.0 Å². The normalized spacial score (nSPS) is 14.1. The molecule has 3 rings (SSSR count). The lowest BCUT2D eigenvalue weighted by molar-refractivity contribution is -0.153. The average molecular weight is 427 g/mol. The largest absolute Gasteiger partial charge is 0.380 e. The summed E-state index contributed by atoms with van der Waals surface area (Å²) in [5.74, 6) is -1.48. The summed E-state index contributed by atoms with van der Waals surface area (Å²) in [7, 11) is 1.55. The quantitative estimate of drug-likeness (QED) is 0.516. The number of rotatable bonds is 8. The third-order valence-electron chi connectivity index (χ3n) is 5.27. The number of carbonyl (C=O) groups excluding carboxylic acids is 2. The molecule has 1 heterocycles. The number of hydrogen-bond donors (Lipinski definition) is 3. The maximum Gasteiger partial charge on any atom is 0.254 e. The summed E-state index contributed by atoms with van der Waals surface area (Å²) in [6.45, 7) is 2.17. The van der Waals surface area contributed by atoms with E-state index in [1.54, 1.807) is 18.4 Å². The summed E-state index contributed by atoms with van der Waals surface area (Å²) in [6, 6.07) is 17.2. The summed E-state index contributed by atoms with van der Waals surface area (Å²) in [4.78, 5) is 27.4. The van der Waals surface area contributed by atoms with Crippen molar-refractivity contribution in [2.45, 2.75) is 31.6 Å². The molecule has 0 aliphatic heterocycles.